The number of rotatable bonds is 12. The van der Waals surface area contributed by atoms with E-state index in [1.807, 2.05) is 12.1 Å². The first-order valence-corrected chi connectivity index (χ1v) is 10.9. The number of alkyl halides is 3. The second-order valence-corrected chi connectivity index (χ2v) is 7.41. The molecule has 13 heteroatoms. The number of aromatic nitrogens is 1. The molecule has 0 bridgehead atoms. The molecule has 3 rings (SSSR count). The van der Waals surface area contributed by atoms with E-state index >= 15 is 0 Å². The van der Waals surface area contributed by atoms with Gasteiger partial charge in [0.15, 0.2) is 23.8 Å². The van der Waals surface area contributed by atoms with Crippen LogP contribution in [0.15, 0.2) is 53.1 Å². The van der Waals surface area contributed by atoms with Gasteiger partial charge < -0.3 is 34.0 Å². The van der Waals surface area contributed by atoms with E-state index in [2.05, 4.69) is 20.4 Å². The molecular weight excluding hydrogens is 499 g/mol. The van der Waals surface area contributed by atoms with Gasteiger partial charge in [0.05, 0.1) is 20.8 Å². The molecule has 2 aromatic carbocycles. The van der Waals surface area contributed by atoms with Gasteiger partial charge in [0, 0.05) is 6.54 Å². The standard InChI is InChI=1S/C24H24F3N3O7/c1-33-19-8-3-15(11-20(19)34-2)9-10-28-23(32)18-13-36-22(30-18)12-29-21(31)14-35-16-4-6-17(7-5-16)37-24(25,26)27/h3-8,11,13H,9-10,12,14H2,1-2H3,(H,28,32)(H,29,31). The highest BCUT2D eigenvalue weighted by Crippen LogP contribution is 2.27. The number of oxazole rings is 1. The van der Waals surface area contributed by atoms with Crippen LogP contribution in [-0.2, 0) is 17.8 Å². The summed E-state index contributed by atoms with van der Waals surface area (Å²) in [6.45, 7) is -0.156. The molecule has 0 spiro atoms. The summed E-state index contributed by atoms with van der Waals surface area (Å²) in [5, 5.41) is 5.24. The van der Waals surface area contributed by atoms with E-state index in [4.69, 9.17) is 18.6 Å². The third-order valence-electron chi connectivity index (χ3n) is 4.80. The molecule has 3 aromatic rings. The minimum Gasteiger partial charge on any atom is -0.493 e. The maximum atomic E-state index is 12.3. The lowest BCUT2D eigenvalue weighted by Gasteiger charge is -2.10. The van der Waals surface area contributed by atoms with E-state index in [9.17, 15) is 22.8 Å². The van der Waals surface area contributed by atoms with E-state index in [0.717, 1.165) is 17.7 Å². The van der Waals surface area contributed by atoms with Crippen LogP contribution in [0.1, 0.15) is 21.9 Å². The van der Waals surface area contributed by atoms with Gasteiger partial charge in [0.1, 0.15) is 17.8 Å². The number of benzene rings is 2. The van der Waals surface area contributed by atoms with Crippen molar-refractivity contribution in [2.45, 2.75) is 19.3 Å². The number of ether oxygens (including phenoxy) is 4. The van der Waals surface area contributed by atoms with Crippen molar-refractivity contribution in [1.29, 1.82) is 0 Å². The number of nitrogens with zero attached hydrogens (tertiary/aromatic N) is 1. The zero-order valence-electron chi connectivity index (χ0n) is 19.9. The summed E-state index contributed by atoms with van der Waals surface area (Å²) in [5.74, 6) is 0.0951. The van der Waals surface area contributed by atoms with Crippen molar-refractivity contribution in [3.05, 3.63) is 65.9 Å². The third-order valence-corrected chi connectivity index (χ3v) is 4.80. The maximum Gasteiger partial charge on any atom is 0.573 e. The molecule has 0 saturated heterocycles. The second kappa shape index (κ2) is 12.5. The first-order chi connectivity index (χ1) is 17.7. The Labute approximate surface area is 209 Å². The van der Waals surface area contributed by atoms with E-state index in [0.29, 0.717) is 24.5 Å². The molecule has 0 atom stereocenters. The monoisotopic (exact) mass is 523 g/mol. The van der Waals surface area contributed by atoms with Crippen LogP contribution >= 0.6 is 0 Å². The predicted molar refractivity (Wildman–Crippen MR) is 123 cm³/mol. The topological polar surface area (TPSA) is 121 Å². The zero-order chi connectivity index (χ0) is 26.8. The van der Waals surface area contributed by atoms with Gasteiger partial charge in [-0.2, -0.15) is 0 Å². The molecule has 1 heterocycles. The van der Waals surface area contributed by atoms with Gasteiger partial charge in [-0.1, -0.05) is 6.07 Å². The molecule has 2 amide bonds. The summed E-state index contributed by atoms with van der Waals surface area (Å²) in [4.78, 5) is 28.3. The molecular formula is C24H24F3N3O7. The Bertz CT molecular complexity index is 1200. The van der Waals surface area contributed by atoms with Gasteiger partial charge in [0.25, 0.3) is 11.8 Å². The Morgan fingerprint density at radius 1 is 0.973 bits per heavy atom. The zero-order valence-corrected chi connectivity index (χ0v) is 19.9. The van der Waals surface area contributed by atoms with Crippen LogP contribution in [0, 0.1) is 0 Å². The Hall–Kier alpha value is -4.42. The smallest absolute Gasteiger partial charge is 0.493 e. The van der Waals surface area contributed by atoms with Crippen molar-refractivity contribution in [2.75, 3.05) is 27.4 Å². The van der Waals surface area contributed by atoms with Crippen molar-refractivity contribution in [2.24, 2.45) is 0 Å². The van der Waals surface area contributed by atoms with Crippen LogP contribution in [0.3, 0.4) is 0 Å². The van der Waals surface area contributed by atoms with Crippen LogP contribution in [0.5, 0.6) is 23.0 Å². The Balaban J connectivity index is 1.39. The summed E-state index contributed by atoms with van der Waals surface area (Å²) in [5.41, 5.74) is 0.989. The Morgan fingerprint density at radius 3 is 2.35 bits per heavy atom. The third kappa shape index (κ3) is 8.63. The van der Waals surface area contributed by atoms with E-state index in [1.165, 1.54) is 18.4 Å². The van der Waals surface area contributed by atoms with Crippen LogP contribution in [0.2, 0.25) is 0 Å². The fraction of sp³-hybridized carbons (Fsp3) is 0.292. The Kier molecular flexibility index (Phi) is 9.19. The second-order valence-electron chi connectivity index (χ2n) is 7.41. The van der Waals surface area contributed by atoms with Gasteiger partial charge in [-0.25, -0.2) is 4.98 Å². The lowest BCUT2D eigenvalue weighted by molar-refractivity contribution is -0.274. The maximum absolute atomic E-state index is 12.3. The highest BCUT2D eigenvalue weighted by atomic mass is 19.4. The number of halogens is 3. The van der Waals surface area contributed by atoms with Gasteiger partial charge in [-0.15, -0.1) is 13.2 Å². The molecule has 0 saturated carbocycles. The summed E-state index contributed by atoms with van der Waals surface area (Å²) in [6.07, 6.45) is -3.08. The van der Waals surface area contributed by atoms with Crippen molar-refractivity contribution in [3.8, 4) is 23.0 Å². The fourth-order valence-corrected chi connectivity index (χ4v) is 3.06. The van der Waals surface area contributed by atoms with Crippen LogP contribution in [-0.4, -0.2) is 50.5 Å². The normalized spacial score (nSPS) is 10.9. The lowest BCUT2D eigenvalue weighted by Crippen LogP contribution is -2.29. The Morgan fingerprint density at radius 2 is 1.68 bits per heavy atom. The van der Waals surface area contributed by atoms with Gasteiger partial charge in [-0.3, -0.25) is 9.59 Å². The van der Waals surface area contributed by atoms with Crippen molar-refractivity contribution < 1.29 is 46.1 Å². The number of amides is 2. The molecule has 0 unspecified atom stereocenters. The minimum atomic E-state index is -4.80. The number of nitrogens with one attached hydrogen (secondary N) is 2. The quantitative estimate of drug-likeness (QED) is 0.371. The van der Waals surface area contributed by atoms with Crippen molar-refractivity contribution in [3.63, 3.8) is 0 Å². The predicted octanol–water partition coefficient (Wildman–Crippen LogP) is 3.26. The van der Waals surface area contributed by atoms with Crippen LogP contribution in [0.25, 0.3) is 0 Å². The number of hydrogen-bond acceptors (Lipinski definition) is 8. The van der Waals surface area contributed by atoms with Crippen LogP contribution in [0.4, 0.5) is 13.2 Å². The summed E-state index contributed by atoms with van der Waals surface area (Å²) >= 11 is 0. The van der Waals surface area contributed by atoms with Crippen molar-refractivity contribution in [1.82, 2.24) is 15.6 Å². The minimum absolute atomic E-state index is 0.0500. The van der Waals surface area contributed by atoms with Gasteiger partial charge in [-0.05, 0) is 48.4 Å². The number of methoxy groups -OCH3 is 2. The van der Waals surface area contributed by atoms with Gasteiger partial charge >= 0.3 is 6.36 Å². The molecule has 0 aliphatic heterocycles. The summed E-state index contributed by atoms with van der Waals surface area (Å²) in [7, 11) is 3.09. The summed E-state index contributed by atoms with van der Waals surface area (Å²) in [6, 6.07) is 10.1. The molecule has 10 nitrogen and oxygen atoms in total. The first kappa shape index (κ1) is 27.2. The van der Waals surface area contributed by atoms with Crippen LogP contribution < -0.4 is 29.6 Å². The highest BCUT2D eigenvalue weighted by Gasteiger charge is 2.31. The summed E-state index contributed by atoms with van der Waals surface area (Å²) < 4.78 is 61.2. The average Bonchev–Trinajstić information content (AvgIpc) is 3.35. The fourth-order valence-electron chi connectivity index (χ4n) is 3.06. The highest BCUT2D eigenvalue weighted by molar-refractivity contribution is 5.91. The van der Waals surface area contributed by atoms with E-state index in [1.54, 1.807) is 20.3 Å². The SMILES string of the molecule is COc1ccc(CCNC(=O)c2coc(CNC(=O)COc3ccc(OC(F)(F)F)cc3)n2)cc1OC. The molecule has 37 heavy (non-hydrogen) atoms. The molecule has 1 aromatic heterocycles. The first-order valence-electron chi connectivity index (χ1n) is 10.9. The lowest BCUT2D eigenvalue weighted by atomic mass is 10.1. The van der Waals surface area contributed by atoms with Crippen molar-refractivity contribution >= 4 is 11.8 Å². The molecule has 0 aliphatic rings. The molecule has 0 aliphatic carbocycles. The number of carbonyl (C=O) groups excluding carboxylic acids is 2. The molecule has 0 radical (unpaired) electrons. The molecule has 198 valence electrons. The van der Waals surface area contributed by atoms with E-state index < -0.39 is 30.5 Å². The largest absolute Gasteiger partial charge is 0.573 e. The molecule has 2 N–H and O–H groups in total. The van der Waals surface area contributed by atoms with Gasteiger partial charge in [0.2, 0.25) is 5.89 Å². The number of hydrogen-bond donors (Lipinski definition) is 2. The van der Waals surface area contributed by atoms with E-state index in [-0.39, 0.29) is 23.9 Å². The average molecular weight is 523 g/mol. The molecule has 0 fully saturated rings. The number of carbonyl (C=O) groups is 2.